The first-order chi connectivity index (χ1) is 12.6. The molecule has 136 valence electrons. The van der Waals surface area contributed by atoms with Gasteiger partial charge in [-0.25, -0.2) is 4.98 Å². The van der Waals surface area contributed by atoms with Crippen LogP contribution in [0.1, 0.15) is 47.7 Å². The standard InChI is InChI=1S/C21H24N2O2S/c1-4-5-6-10-25-17-9-7-8-16(13-17)20(24)23-21-22-18-12-14(2)11-15(3)19(18)26-21/h7-9,11-13H,4-6,10H2,1-3H3,(H,22,23,24). The van der Waals surface area contributed by atoms with Crippen molar-refractivity contribution in [3.8, 4) is 5.75 Å². The molecule has 1 aromatic heterocycles. The van der Waals surface area contributed by atoms with Gasteiger partial charge in [-0.3, -0.25) is 10.1 Å². The minimum Gasteiger partial charge on any atom is -0.494 e. The van der Waals surface area contributed by atoms with Crippen molar-refractivity contribution in [3.05, 3.63) is 53.1 Å². The summed E-state index contributed by atoms with van der Waals surface area (Å²) in [4.78, 5) is 17.1. The molecule has 1 heterocycles. The third-order valence-corrected chi connectivity index (χ3v) is 5.28. The quantitative estimate of drug-likeness (QED) is 0.541. The SMILES string of the molecule is CCCCCOc1cccc(C(=O)Nc2nc3cc(C)cc(C)c3s2)c1. The topological polar surface area (TPSA) is 51.2 Å². The van der Waals surface area contributed by atoms with Crippen LogP contribution in [0.25, 0.3) is 10.2 Å². The number of unbranched alkanes of at least 4 members (excludes halogenated alkanes) is 2. The molecule has 2 aromatic carbocycles. The van der Waals surface area contributed by atoms with E-state index in [9.17, 15) is 4.79 Å². The lowest BCUT2D eigenvalue weighted by atomic mass is 10.1. The number of fused-ring (bicyclic) bond motifs is 1. The average Bonchev–Trinajstić information content (AvgIpc) is 3.01. The van der Waals surface area contributed by atoms with Crippen LogP contribution in [0.2, 0.25) is 0 Å². The molecule has 0 aliphatic carbocycles. The number of aryl methyl sites for hydroxylation is 2. The number of rotatable bonds is 7. The number of nitrogens with zero attached hydrogens (tertiary/aromatic N) is 1. The van der Waals surface area contributed by atoms with Crippen molar-refractivity contribution in [2.24, 2.45) is 0 Å². The fourth-order valence-corrected chi connectivity index (χ4v) is 3.78. The number of benzene rings is 2. The monoisotopic (exact) mass is 368 g/mol. The van der Waals surface area contributed by atoms with Crippen molar-refractivity contribution < 1.29 is 9.53 Å². The van der Waals surface area contributed by atoms with Crippen molar-refractivity contribution >= 4 is 32.6 Å². The number of aromatic nitrogens is 1. The Morgan fingerprint density at radius 3 is 2.85 bits per heavy atom. The van der Waals surface area contributed by atoms with E-state index in [2.05, 4.69) is 37.1 Å². The summed E-state index contributed by atoms with van der Waals surface area (Å²) in [5.41, 5.74) is 3.85. The van der Waals surface area contributed by atoms with Gasteiger partial charge in [0.2, 0.25) is 0 Å². The Bertz CT molecular complexity index is 918. The molecule has 3 rings (SSSR count). The Morgan fingerprint density at radius 2 is 2.04 bits per heavy atom. The van der Waals surface area contributed by atoms with Crippen molar-refractivity contribution in [2.75, 3.05) is 11.9 Å². The van der Waals surface area contributed by atoms with E-state index in [1.54, 1.807) is 12.1 Å². The number of ether oxygens (including phenoxy) is 1. The summed E-state index contributed by atoms with van der Waals surface area (Å²) in [7, 11) is 0. The number of nitrogens with one attached hydrogen (secondary N) is 1. The van der Waals surface area contributed by atoms with Crippen LogP contribution in [-0.2, 0) is 0 Å². The number of hydrogen-bond donors (Lipinski definition) is 1. The molecule has 26 heavy (non-hydrogen) atoms. The molecule has 3 aromatic rings. The summed E-state index contributed by atoms with van der Waals surface area (Å²) in [5.74, 6) is 0.557. The van der Waals surface area contributed by atoms with Crippen LogP contribution in [0.3, 0.4) is 0 Å². The van der Waals surface area contributed by atoms with Crippen LogP contribution in [0.5, 0.6) is 5.75 Å². The number of carbonyl (C=O) groups is 1. The van der Waals surface area contributed by atoms with E-state index in [0.29, 0.717) is 17.3 Å². The van der Waals surface area contributed by atoms with Gasteiger partial charge >= 0.3 is 0 Å². The van der Waals surface area contributed by atoms with Crippen molar-refractivity contribution in [1.82, 2.24) is 4.98 Å². The Labute approximate surface area is 158 Å². The molecule has 0 fully saturated rings. The molecular formula is C21H24N2O2S. The molecule has 0 aliphatic rings. The van der Waals surface area contributed by atoms with Crippen LogP contribution in [0.4, 0.5) is 5.13 Å². The van der Waals surface area contributed by atoms with Crippen molar-refractivity contribution in [3.63, 3.8) is 0 Å². The first-order valence-corrected chi connectivity index (χ1v) is 9.80. The summed E-state index contributed by atoms with van der Waals surface area (Å²) in [6.45, 7) is 6.96. The van der Waals surface area contributed by atoms with Gasteiger partial charge in [0.1, 0.15) is 5.75 Å². The highest BCUT2D eigenvalue weighted by atomic mass is 32.1. The van der Waals surface area contributed by atoms with Gasteiger partial charge in [0.15, 0.2) is 5.13 Å². The maximum atomic E-state index is 12.6. The summed E-state index contributed by atoms with van der Waals surface area (Å²) in [6.07, 6.45) is 3.33. The Hall–Kier alpha value is -2.40. The lowest BCUT2D eigenvalue weighted by molar-refractivity contribution is 0.102. The zero-order chi connectivity index (χ0) is 18.5. The molecule has 1 N–H and O–H groups in total. The van der Waals surface area contributed by atoms with E-state index in [1.165, 1.54) is 22.5 Å². The van der Waals surface area contributed by atoms with Gasteiger partial charge in [-0.1, -0.05) is 43.2 Å². The van der Waals surface area contributed by atoms with Crippen molar-refractivity contribution in [1.29, 1.82) is 0 Å². The predicted molar refractivity (Wildman–Crippen MR) is 109 cm³/mol. The Kier molecular flexibility index (Phi) is 5.89. The molecule has 0 radical (unpaired) electrons. The first-order valence-electron chi connectivity index (χ1n) is 8.99. The molecule has 1 amide bonds. The van der Waals surface area contributed by atoms with E-state index in [4.69, 9.17) is 4.74 Å². The zero-order valence-electron chi connectivity index (χ0n) is 15.5. The Balaban J connectivity index is 1.71. The molecule has 4 nitrogen and oxygen atoms in total. The maximum absolute atomic E-state index is 12.6. The van der Waals surface area contributed by atoms with Crippen LogP contribution in [0, 0.1) is 13.8 Å². The second-order valence-electron chi connectivity index (χ2n) is 6.49. The predicted octanol–water partition coefficient (Wildman–Crippen LogP) is 5.73. The van der Waals surface area contributed by atoms with Gasteiger partial charge < -0.3 is 4.74 Å². The first kappa shape index (κ1) is 18.4. The second kappa shape index (κ2) is 8.32. The van der Waals surface area contributed by atoms with Crippen LogP contribution >= 0.6 is 11.3 Å². The number of hydrogen-bond acceptors (Lipinski definition) is 4. The van der Waals surface area contributed by atoms with Crippen LogP contribution in [-0.4, -0.2) is 17.5 Å². The third-order valence-electron chi connectivity index (χ3n) is 4.15. The summed E-state index contributed by atoms with van der Waals surface area (Å²) in [6, 6.07) is 11.5. The van der Waals surface area contributed by atoms with Gasteiger partial charge in [0, 0.05) is 5.56 Å². The summed E-state index contributed by atoms with van der Waals surface area (Å²) < 4.78 is 6.84. The highest BCUT2D eigenvalue weighted by Crippen LogP contribution is 2.30. The van der Waals surface area contributed by atoms with Crippen LogP contribution < -0.4 is 10.1 Å². The molecule has 0 saturated heterocycles. The Morgan fingerprint density at radius 1 is 1.19 bits per heavy atom. The second-order valence-corrected chi connectivity index (χ2v) is 7.49. The van der Waals surface area contributed by atoms with Crippen LogP contribution in [0.15, 0.2) is 36.4 Å². The smallest absolute Gasteiger partial charge is 0.257 e. The van der Waals surface area contributed by atoms with Gasteiger partial charge in [-0.05, 0) is 55.7 Å². The normalized spacial score (nSPS) is 10.9. The minimum absolute atomic E-state index is 0.169. The number of thiazole rings is 1. The van der Waals surface area contributed by atoms with Gasteiger partial charge in [-0.2, -0.15) is 0 Å². The van der Waals surface area contributed by atoms with E-state index in [-0.39, 0.29) is 5.91 Å². The lowest BCUT2D eigenvalue weighted by Gasteiger charge is -2.07. The molecule has 0 spiro atoms. The van der Waals surface area contributed by atoms with E-state index in [0.717, 1.165) is 35.2 Å². The number of anilines is 1. The molecule has 0 bridgehead atoms. The lowest BCUT2D eigenvalue weighted by Crippen LogP contribution is -2.11. The van der Waals surface area contributed by atoms with Gasteiger partial charge in [0.25, 0.3) is 5.91 Å². The van der Waals surface area contributed by atoms with E-state index < -0.39 is 0 Å². The largest absolute Gasteiger partial charge is 0.494 e. The fourth-order valence-electron chi connectivity index (χ4n) is 2.87. The molecule has 0 atom stereocenters. The highest BCUT2D eigenvalue weighted by Gasteiger charge is 2.12. The fraction of sp³-hybridized carbons (Fsp3) is 0.333. The average molecular weight is 369 g/mol. The summed E-state index contributed by atoms with van der Waals surface area (Å²) >= 11 is 1.50. The van der Waals surface area contributed by atoms with E-state index >= 15 is 0 Å². The summed E-state index contributed by atoms with van der Waals surface area (Å²) in [5, 5.41) is 3.53. The molecule has 5 heteroatoms. The van der Waals surface area contributed by atoms with Crippen molar-refractivity contribution in [2.45, 2.75) is 40.0 Å². The van der Waals surface area contributed by atoms with E-state index in [1.807, 2.05) is 18.2 Å². The highest BCUT2D eigenvalue weighted by molar-refractivity contribution is 7.22. The number of amides is 1. The molecule has 0 unspecified atom stereocenters. The maximum Gasteiger partial charge on any atom is 0.257 e. The zero-order valence-corrected chi connectivity index (χ0v) is 16.3. The minimum atomic E-state index is -0.169. The van der Waals surface area contributed by atoms with Gasteiger partial charge in [0.05, 0.1) is 16.8 Å². The molecule has 0 aliphatic heterocycles. The molecular weight excluding hydrogens is 344 g/mol. The number of carbonyl (C=O) groups excluding carboxylic acids is 1. The third kappa shape index (κ3) is 4.41. The molecule has 0 saturated carbocycles. The van der Waals surface area contributed by atoms with Gasteiger partial charge in [-0.15, -0.1) is 0 Å².